The van der Waals surface area contributed by atoms with Gasteiger partial charge >= 0.3 is 0 Å². The second-order valence-electron chi connectivity index (χ2n) is 6.89. The van der Waals surface area contributed by atoms with Crippen molar-refractivity contribution in [1.82, 2.24) is 10.2 Å². The third-order valence-corrected chi connectivity index (χ3v) is 4.14. The van der Waals surface area contributed by atoms with Crippen molar-refractivity contribution >= 4 is 5.91 Å². The van der Waals surface area contributed by atoms with E-state index in [1.54, 1.807) is 0 Å². The second-order valence-corrected chi connectivity index (χ2v) is 6.89. The van der Waals surface area contributed by atoms with Crippen LogP contribution in [0.5, 0.6) is 0 Å². The van der Waals surface area contributed by atoms with Crippen molar-refractivity contribution < 1.29 is 4.79 Å². The molecule has 0 aromatic carbocycles. The van der Waals surface area contributed by atoms with Crippen LogP contribution in [0.15, 0.2) is 0 Å². The first-order valence-electron chi connectivity index (χ1n) is 6.93. The van der Waals surface area contributed by atoms with Gasteiger partial charge in [-0.3, -0.25) is 10.1 Å². The molecule has 2 aliphatic rings. The topological polar surface area (TPSA) is 32.3 Å². The van der Waals surface area contributed by atoms with Crippen molar-refractivity contribution in [3.05, 3.63) is 0 Å². The van der Waals surface area contributed by atoms with Crippen LogP contribution in [0.3, 0.4) is 0 Å². The average Bonchev–Trinajstić information content (AvgIpc) is 2.69. The van der Waals surface area contributed by atoms with E-state index in [1.807, 2.05) is 0 Å². The average molecular weight is 238 g/mol. The van der Waals surface area contributed by atoms with Crippen LogP contribution in [0.25, 0.3) is 0 Å². The Morgan fingerprint density at radius 3 is 2.71 bits per heavy atom. The largest absolute Gasteiger partial charge is 0.323 e. The van der Waals surface area contributed by atoms with Gasteiger partial charge in [-0.2, -0.15) is 0 Å². The summed E-state index contributed by atoms with van der Waals surface area (Å²) in [7, 11) is 0. The third-order valence-electron chi connectivity index (χ3n) is 4.14. The number of hydrogen-bond acceptors (Lipinski definition) is 2. The Morgan fingerprint density at radius 2 is 2.18 bits per heavy atom. The highest BCUT2D eigenvalue weighted by Gasteiger charge is 2.41. The fraction of sp³-hybridized carbons (Fsp3) is 0.929. The molecule has 1 aliphatic carbocycles. The molecule has 17 heavy (non-hydrogen) atoms. The van der Waals surface area contributed by atoms with Gasteiger partial charge in [-0.05, 0) is 37.0 Å². The first-order chi connectivity index (χ1) is 7.89. The van der Waals surface area contributed by atoms with Gasteiger partial charge in [-0.25, -0.2) is 0 Å². The minimum absolute atomic E-state index is 0.279. The first-order valence-corrected chi connectivity index (χ1v) is 6.93. The van der Waals surface area contributed by atoms with Crippen LogP contribution in [-0.4, -0.2) is 29.6 Å². The van der Waals surface area contributed by atoms with Crippen LogP contribution in [0.2, 0.25) is 0 Å². The van der Waals surface area contributed by atoms with Crippen LogP contribution in [-0.2, 0) is 4.79 Å². The van der Waals surface area contributed by atoms with Gasteiger partial charge in [0.2, 0.25) is 5.91 Å². The normalized spacial score (nSPS) is 32.8. The van der Waals surface area contributed by atoms with Gasteiger partial charge in [0.1, 0.15) is 0 Å². The molecule has 1 saturated carbocycles. The van der Waals surface area contributed by atoms with E-state index in [1.165, 1.54) is 12.8 Å². The SMILES string of the molecule is CC(C)CC1NCC(=O)N1C1CCC(C)(C)C1. The maximum Gasteiger partial charge on any atom is 0.238 e. The Labute approximate surface area is 105 Å². The number of carbonyl (C=O) groups is 1. The molecular weight excluding hydrogens is 212 g/mol. The highest BCUT2D eigenvalue weighted by molar-refractivity contribution is 5.81. The lowest BCUT2D eigenvalue weighted by atomic mass is 9.91. The summed E-state index contributed by atoms with van der Waals surface area (Å²) in [6.45, 7) is 9.62. The smallest absolute Gasteiger partial charge is 0.238 e. The highest BCUT2D eigenvalue weighted by atomic mass is 16.2. The van der Waals surface area contributed by atoms with E-state index in [4.69, 9.17) is 0 Å². The predicted octanol–water partition coefficient (Wildman–Crippen LogP) is 2.37. The maximum atomic E-state index is 12.0. The lowest BCUT2D eigenvalue weighted by molar-refractivity contribution is -0.130. The fourth-order valence-corrected chi connectivity index (χ4v) is 3.31. The standard InChI is InChI=1S/C14H26N2O/c1-10(2)7-12-15-9-13(17)16(12)11-5-6-14(3,4)8-11/h10-12,15H,5-9H2,1-4H3. The Hall–Kier alpha value is -0.570. The first kappa shape index (κ1) is 12.9. The van der Waals surface area contributed by atoms with Crippen molar-refractivity contribution in [2.75, 3.05) is 6.54 Å². The molecule has 1 heterocycles. The molecule has 0 radical (unpaired) electrons. The van der Waals surface area contributed by atoms with Gasteiger partial charge in [0, 0.05) is 6.04 Å². The van der Waals surface area contributed by atoms with Gasteiger partial charge in [0.25, 0.3) is 0 Å². The quantitative estimate of drug-likeness (QED) is 0.818. The minimum atomic E-state index is 0.279. The summed E-state index contributed by atoms with van der Waals surface area (Å²) in [4.78, 5) is 14.2. The molecule has 0 aromatic rings. The zero-order chi connectivity index (χ0) is 12.6. The van der Waals surface area contributed by atoms with Crippen molar-refractivity contribution in [3.8, 4) is 0 Å². The Balaban J connectivity index is 2.04. The molecule has 0 bridgehead atoms. The van der Waals surface area contributed by atoms with E-state index in [0.29, 0.717) is 29.8 Å². The molecule has 3 nitrogen and oxygen atoms in total. The zero-order valence-electron chi connectivity index (χ0n) is 11.6. The molecule has 2 unspecified atom stereocenters. The van der Waals surface area contributed by atoms with Gasteiger partial charge in [-0.15, -0.1) is 0 Å². The maximum absolute atomic E-state index is 12.0. The van der Waals surface area contributed by atoms with E-state index in [0.717, 1.165) is 12.8 Å². The summed E-state index contributed by atoms with van der Waals surface area (Å²) in [5.74, 6) is 0.939. The summed E-state index contributed by atoms with van der Waals surface area (Å²) in [5, 5.41) is 3.37. The summed E-state index contributed by atoms with van der Waals surface area (Å²) in [6.07, 6.45) is 4.93. The summed E-state index contributed by atoms with van der Waals surface area (Å²) in [5.41, 5.74) is 0.413. The summed E-state index contributed by atoms with van der Waals surface area (Å²) >= 11 is 0. The number of carbonyl (C=O) groups excluding carboxylic acids is 1. The molecule has 1 saturated heterocycles. The molecular formula is C14H26N2O. The van der Waals surface area contributed by atoms with E-state index < -0.39 is 0 Å². The van der Waals surface area contributed by atoms with E-state index in [2.05, 4.69) is 37.9 Å². The van der Waals surface area contributed by atoms with Crippen molar-refractivity contribution in [2.45, 2.75) is 65.6 Å². The highest BCUT2D eigenvalue weighted by Crippen LogP contribution is 2.40. The summed E-state index contributed by atoms with van der Waals surface area (Å²) in [6, 6.07) is 0.469. The number of nitrogens with zero attached hydrogens (tertiary/aromatic N) is 1. The predicted molar refractivity (Wildman–Crippen MR) is 69.5 cm³/mol. The second kappa shape index (κ2) is 4.60. The van der Waals surface area contributed by atoms with Gasteiger partial charge in [0.15, 0.2) is 0 Å². The molecule has 2 fully saturated rings. The minimum Gasteiger partial charge on any atom is -0.323 e. The van der Waals surface area contributed by atoms with Crippen molar-refractivity contribution in [1.29, 1.82) is 0 Å². The van der Waals surface area contributed by atoms with Crippen LogP contribution in [0.4, 0.5) is 0 Å². The van der Waals surface area contributed by atoms with E-state index in [9.17, 15) is 4.79 Å². The van der Waals surface area contributed by atoms with Crippen molar-refractivity contribution in [2.24, 2.45) is 11.3 Å². The third kappa shape index (κ3) is 2.82. The Kier molecular flexibility index (Phi) is 3.48. The van der Waals surface area contributed by atoms with Crippen molar-refractivity contribution in [3.63, 3.8) is 0 Å². The molecule has 1 aliphatic heterocycles. The van der Waals surface area contributed by atoms with Gasteiger partial charge in [0.05, 0.1) is 12.7 Å². The molecule has 0 spiro atoms. The van der Waals surface area contributed by atoms with Crippen LogP contribution >= 0.6 is 0 Å². The number of hydrogen-bond donors (Lipinski definition) is 1. The molecule has 0 aromatic heterocycles. The number of amides is 1. The zero-order valence-corrected chi connectivity index (χ0v) is 11.6. The Bertz CT molecular complexity index is 299. The molecule has 3 heteroatoms. The number of nitrogens with one attached hydrogen (secondary N) is 1. The van der Waals surface area contributed by atoms with Crippen LogP contribution in [0, 0.1) is 11.3 Å². The van der Waals surface area contributed by atoms with Gasteiger partial charge < -0.3 is 4.90 Å². The molecule has 2 atom stereocenters. The fourth-order valence-electron chi connectivity index (χ4n) is 3.31. The molecule has 1 N–H and O–H groups in total. The van der Waals surface area contributed by atoms with Gasteiger partial charge in [-0.1, -0.05) is 27.7 Å². The summed E-state index contributed by atoms with van der Waals surface area (Å²) < 4.78 is 0. The Morgan fingerprint density at radius 1 is 1.47 bits per heavy atom. The van der Waals surface area contributed by atoms with E-state index >= 15 is 0 Å². The monoisotopic (exact) mass is 238 g/mol. The van der Waals surface area contributed by atoms with Crippen LogP contribution in [0.1, 0.15) is 53.4 Å². The van der Waals surface area contributed by atoms with Crippen LogP contribution < -0.4 is 5.32 Å². The molecule has 98 valence electrons. The lowest BCUT2D eigenvalue weighted by Crippen LogP contribution is -2.44. The molecule has 1 amide bonds. The number of rotatable bonds is 3. The lowest BCUT2D eigenvalue weighted by Gasteiger charge is -2.32. The van der Waals surface area contributed by atoms with E-state index in [-0.39, 0.29) is 6.17 Å². The molecule has 2 rings (SSSR count).